The number of carbonyl (C=O) groups excluding carboxylic acids is 2. The van der Waals surface area contributed by atoms with E-state index in [9.17, 15) is 9.59 Å². The molecule has 5 nitrogen and oxygen atoms in total. The summed E-state index contributed by atoms with van der Waals surface area (Å²) in [4.78, 5) is 28.8. The molecule has 156 valence electrons. The van der Waals surface area contributed by atoms with Gasteiger partial charge in [-0.15, -0.1) is 23.1 Å². The van der Waals surface area contributed by atoms with Crippen LogP contribution in [0.25, 0.3) is 20.8 Å². The fraction of sp³-hybridized carbons (Fsp3) is 0.125. The molecule has 0 fully saturated rings. The molecule has 0 bridgehead atoms. The lowest BCUT2D eigenvalue weighted by molar-refractivity contribution is -0.114. The third-order valence-corrected chi connectivity index (χ3v) is 6.53. The van der Waals surface area contributed by atoms with Crippen molar-refractivity contribution in [3.8, 4) is 10.6 Å². The van der Waals surface area contributed by atoms with Crippen LogP contribution in [-0.4, -0.2) is 28.3 Å². The van der Waals surface area contributed by atoms with E-state index in [4.69, 9.17) is 0 Å². The fourth-order valence-corrected chi connectivity index (χ4v) is 4.55. The van der Waals surface area contributed by atoms with Crippen LogP contribution >= 0.6 is 23.1 Å². The molecule has 0 saturated carbocycles. The molecule has 31 heavy (non-hydrogen) atoms. The number of amides is 2. The molecule has 0 radical (unpaired) electrons. The Balaban J connectivity index is 1.25. The topological polar surface area (TPSA) is 71.1 Å². The maximum absolute atomic E-state index is 12.2. The van der Waals surface area contributed by atoms with Crippen LogP contribution in [0.2, 0.25) is 0 Å². The van der Waals surface area contributed by atoms with E-state index in [0.717, 1.165) is 37.7 Å². The van der Waals surface area contributed by atoms with E-state index < -0.39 is 0 Å². The Morgan fingerprint density at radius 1 is 0.839 bits per heavy atom. The van der Waals surface area contributed by atoms with Crippen LogP contribution in [0, 0.1) is 6.92 Å². The van der Waals surface area contributed by atoms with Crippen molar-refractivity contribution in [2.75, 3.05) is 22.1 Å². The summed E-state index contributed by atoms with van der Waals surface area (Å²) in [6.07, 6.45) is 0. The van der Waals surface area contributed by atoms with Crippen molar-refractivity contribution in [1.82, 2.24) is 4.98 Å². The molecule has 4 aromatic rings. The summed E-state index contributed by atoms with van der Waals surface area (Å²) in [6.45, 7) is 1.99. The van der Waals surface area contributed by atoms with Crippen molar-refractivity contribution in [1.29, 1.82) is 0 Å². The third-order valence-electron chi connectivity index (χ3n) is 4.51. The quantitative estimate of drug-likeness (QED) is 0.388. The minimum absolute atomic E-state index is 0.123. The SMILES string of the molecule is Cc1ccc(NC(=O)CSCC(=O)Nc2ccc(-c3nc4ccccc4s3)cc2)cc1. The maximum Gasteiger partial charge on any atom is 0.234 e. The van der Waals surface area contributed by atoms with E-state index >= 15 is 0 Å². The zero-order valence-corrected chi connectivity index (χ0v) is 18.6. The minimum Gasteiger partial charge on any atom is -0.325 e. The summed E-state index contributed by atoms with van der Waals surface area (Å²) < 4.78 is 1.15. The second kappa shape index (κ2) is 9.76. The average molecular weight is 448 g/mol. The first-order chi connectivity index (χ1) is 15.1. The van der Waals surface area contributed by atoms with Crippen LogP contribution in [0.4, 0.5) is 11.4 Å². The van der Waals surface area contributed by atoms with E-state index in [0.29, 0.717) is 0 Å². The largest absolute Gasteiger partial charge is 0.325 e. The van der Waals surface area contributed by atoms with Crippen LogP contribution in [0.15, 0.2) is 72.8 Å². The molecule has 0 atom stereocenters. The number of aromatic nitrogens is 1. The van der Waals surface area contributed by atoms with Crippen LogP contribution < -0.4 is 10.6 Å². The second-order valence-electron chi connectivity index (χ2n) is 7.02. The molecular formula is C24H21N3O2S2. The van der Waals surface area contributed by atoms with Gasteiger partial charge in [0.05, 0.1) is 21.7 Å². The number of carbonyl (C=O) groups is 2. The van der Waals surface area contributed by atoms with Crippen molar-refractivity contribution in [2.45, 2.75) is 6.92 Å². The van der Waals surface area contributed by atoms with Gasteiger partial charge in [0.1, 0.15) is 5.01 Å². The van der Waals surface area contributed by atoms with E-state index in [1.54, 1.807) is 11.3 Å². The first kappa shape index (κ1) is 21.1. The van der Waals surface area contributed by atoms with Gasteiger partial charge in [0.25, 0.3) is 0 Å². The Hall–Kier alpha value is -3.16. The van der Waals surface area contributed by atoms with Gasteiger partial charge in [0.15, 0.2) is 0 Å². The van der Waals surface area contributed by atoms with Crippen molar-refractivity contribution >= 4 is 56.5 Å². The number of fused-ring (bicyclic) bond motifs is 1. The molecule has 3 aromatic carbocycles. The van der Waals surface area contributed by atoms with Gasteiger partial charge in [0.2, 0.25) is 11.8 Å². The van der Waals surface area contributed by atoms with Gasteiger partial charge in [-0.05, 0) is 55.5 Å². The summed E-state index contributed by atoms with van der Waals surface area (Å²) in [5.41, 5.74) is 4.62. The molecule has 0 saturated heterocycles. The molecule has 0 aliphatic heterocycles. The monoisotopic (exact) mass is 447 g/mol. The van der Waals surface area contributed by atoms with Gasteiger partial charge in [-0.25, -0.2) is 4.98 Å². The maximum atomic E-state index is 12.2. The lowest BCUT2D eigenvalue weighted by Gasteiger charge is -2.07. The van der Waals surface area contributed by atoms with Gasteiger partial charge in [-0.3, -0.25) is 9.59 Å². The molecule has 1 aromatic heterocycles. The van der Waals surface area contributed by atoms with E-state index in [2.05, 4.69) is 21.7 Å². The van der Waals surface area contributed by atoms with Crippen molar-refractivity contribution < 1.29 is 9.59 Å². The highest BCUT2D eigenvalue weighted by Crippen LogP contribution is 2.30. The second-order valence-corrected chi connectivity index (χ2v) is 9.04. The van der Waals surface area contributed by atoms with Gasteiger partial charge in [0, 0.05) is 16.9 Å². The minimum atomic E-state index is -0.138. The molecule has 7 heteroatoms. The number of aryl methyl sites for hydroxylation is 1. The van der Waals surface area contributed by atoms with Gasteiger partial charge in [-0.2, -0.15) is 0 Å². The lowest BCUT2D eigenvalue weighted by Crippen LogP contribution is -2.18. The van der Waals surface area contributed by atoms with Crippen molar-refractivity contribution in [3.63, 3.8) is 0 Å². The Bertz CT molecular complexity index is 1170. The molecule has 0 aliphatic rings. The number of thioether (sulfide) groups is 1. The fourth-order valence-electron chi connectivity index (χ4n) is 2.96. The van der Waals surface area contributed by atoms with Gasteiger partial charge >= 0.3 is 0 Å². The van der Waals surface area contributed by atoms with Crippen LogP contribution in [0.1, 0.15) is 5.56 Å². The lowest BCUT2D eigenvalue weighted by atomic mass is 10.2. The molecule has 2 N–H and O–H groups in total. The van der Waals surface area contributed by atoms with Crippen LogP contribution in [0.3, 0.4) is 0 Å². The highest BCUT2D eigenvalue weighted by molar-refractivity contribution is 8.00. The standard InChI is InChI=1S/C24H21N3O2S2/c1-16-6-10-18(11-7-16)25-22(28)14-30-15-23(29)26-19-12-8-17(9-13-19)24-27-20-4-2-3-5-21(20)31-24/h2-13H,14-15H2,1H3,(H,25,28)(H,26,29). The number of rotatable bonds is 7. The zero-order valence-electron chi connectivity index (χ0n) is 16.9. The number of nitrogens with zero attached hydrogens (tertiary/aromatic N) is 1. The first-order valence-corrected chi connectivity index (χ1v) is 11.7. The highest BCUT2D eigenvalue weighted by atomic mass is 32.2. The van der Waals surface area contributed by atoms with E-state index in [1.165, 1.54) is 11.8 Å². The summed E-state index contributed by atoms with van der Waals surface area (Å²) in [5.74, 6) is 0.168. The predicted octanol–water partition coefficient (Wildman–Crippen LogP) is 5.58. The van der Waals surface area contributed by atoms with Crippen molar-refractivity contribution in [2.24, 2.45) is 0 Å². The number of benzene rings is 3. The summed E-state index contributed by atoms with van der Waals surface area (Å²) in [7, 11) is 0. The third kappa shape index (κ3) is 5.71. The summed E-state index contributed by atoms with van der Waals surface area (Å²) in [5, 5.41) is 6.65. The Morgan fingerprint density at radius 2 is 1.42 bits per heavy atom. The highest BCUT2D eigenvalue weighted by Gasteiger charge is 2.09. The van der Waals surface area contributed by atoms with Crippen molar-refractivity contribution in [3.05, 3.63) is 78.4 Å². The smallest absolute Gasteiger partial charge is 0.234 e. The van der Waals surface area contributed by atoms with E-state index in [-0.39, 0.29) is 23.3 Å². The van der Waals surface area contributed by atoms with E-state index in [1.807, 2.05) is 73.7 Å². The Labute approximate surface area is 188 Å². The number of hydrogen-bond acceptors (Lipinski definition) is 5. The number of nitrogens with one attached hydrogen (secondary N) is 2. The van der Waals surface area contributed by atoms with Gasteiger partial charge < -0.3 is 10.6 Å². The zero-order chi connectivity index (χ0) is 21.6. The molecule has 0 spiro atoms. The van der Waals surface area contributed by atoms with Crippen LogP contribution in [-0.2, 0) is 9.59 Å². The number of thiazole rings is 1. The Kier molecular flexibility index (Phi) is 6.64. The molecule has 0 aliphatic carbocycles. The molecule has 2 amide bonds. The Morgan fingerprint density at radius 3 is 2.03 bits per heavy atom. The summed E-state index contributed by atoms with van der Waals surface area (Å²) >= 11 is 2.93. The number of anilines is 2. The van der Waals surface area contributed by atoms with Crippen LogP contribution in [0.5, 0.6) is 0 Å². The first-order valence-electron chi connectivity index (χ1n) is 9.77. The molecule has 1 heterocycles. The summed E-state index contributed by atoms with van der Waals surface area (Å²) in [6, 6.07) is 23.3. The molecule has 4 rings (SSSR count). The average Bonchev–Trinajstić information content (AvgIpc) is 3.20. The molecule has 0 unspecified atom stereocenters. The van der Waals surface area contributed by atoms with Gasteiger partial charge in [-0.1, -0.05) is 29.8 Å². The normalized spacial score (nSPS) is 10.7. The molecular weight excluding hydrogens is 426 g/mol. The predicted molar refractivity (Wildman–Crippen MR) is 131 cm³/mol. The number of para-hydroxylation sites is 1. The number of hydrogen-bond donors (Lipinski definition) is 2.